The molecule has 1 aromatic carbocycles. The number of hydrogen-bond acceptors (Lipinski definition) is 7. The molecule has 0 saturated carbocycles. The van der Waals surface area contributed by atoms with Crippen LogP contribution in [-0.4, -0.2) is 32.7 Å². The lowest BCUT2D eigenvalue weighted by atomic mass is 10.2. The van der Waals surface area contributed by atoms with Crippen LogP contribution in [0.3, 0.4) is 0 Å². The largest absolute Gasteiger partial charge is 0.356 e. The molecule has 28 heavy (non-hydrogen) atoms. The summed E-state index contributed by atoms with van der Waals surface area (Å²) >= 11 is 0. The molecule has 0 radical (unpaired) electrons. The van der Waals surface area contributed by atoms with E-state index < -0.39 is 0 Å². The number of benzene rings is 1. The van der Waals surface area contributed by atoms with Crippen molar-refractivity contribution in [1.29, 1.82) is 0 Å². The molecule has 1 amide bonds. The molecule has 9 heteroatoms. The maximum atomic E-state index is 13.0. The van der Waals surface area contributed by atoms with E-state index in [0.717, 1.165) is 0 Å². The third-order valence-corrected chi connectivity index (χ3v) is 4.03. The molecule has 0 fully saturated rings. The van der Waals surface area contributed by atoms with Gasteiger partial charge in [0.1, 0.15) is 5.82 Å². The number of aromatic nitrogens is 4. The van der Waals surface area contributed by atoms with E-state index in [9.17, 15) is 9.18 Å². The second kappa shape index (κ2) is 9.20. The highest BCUT2D eigenvalue weighted by Gasteiger charge is 2.12. The van der Waals surface area contributed by atoms with Crippen LogP contribution in [0.15, 0.2) is 33.3 Å². The molecule has 2 heterocycles. The minimum absolute atomic E-state index is 0.102. The Morgan fingerprint density at radius 1 is 1.07 bits per heavy atom. The summed E-state index contributed by atoms with van der Waals surface area (Å²) in [7, 11) is 0. The molecule has 0 unspecified atom stereocenters. The van der Waals surface area contributed by atoms with Crippen LogP contribution in [0.1, 0.15) is 50.2 Å². The molecule has 0 aliphatic carbocycles. The van der Waals surface area contributed by atoms with Gasteiger partial charge < -0.3 is 14.4 Å². The van der Waals surface area contributed by atoms with E-state index in [1.54, 1.807) is 12.1 Å². The highest BCUT2D eigenvalue weighted by atomic mass is 19.1. The predicted molar refractivity (Wildman–Crippen MR) is 97.7 cm³/mol. The van der Waals surface area contributed by atoms with Gasteiger partial charge in [0.05, 0.1) is 0 Å². The normalized spacial score (nSPS) is 11.1. The van der Waals surface area contributed by atoms with Gasteiger partial charge in [-0.3, -0.25) is 4.79 Å². The number of nitrogens with one attached hydrogen (secondary N) is 1. The third-order valence-electron chi connectivity index (χ3n) is 4.03. The van der Waals surface area contributed by atoms with E-state index in [4.69, 9.17) is 9.05 Å². The Labute approximate surface area is 161 Å². The molecule has 0 atom stereocenters. The highest BCUT2D eigenvalue weighted by molar-refractivity contribution is 5.75. The van der Waals surface area contributed by atoms with Crippen molar-refractivity contribution in [3.8, 4) is 11.4 Å². The number of aryl methyl sites for hydroxylation is 2. The van der Waals surface area contributed by atoms with Gasteiger partial charge in [0.25, 0.3) is 0 Å². The van der Waals surface area contributed by atoms with Crippen LogP contribution in [0, 0.1) is 5.82 Å². The fourth-order valence-electron chi connectivity index (χ4n) is 2.45. The zero-order valence-corrected chi connectivity index (χ0v) is 15.8. The predicted octanol–water partition coefficient (Wildman–Crippen LogP) is 3.06. The first-order chi connectivity index (χ1) is 13.5. The Balaban J connectivity index is 1.37. The second-order valence-electron chi connectivity index (χ2n) is 6.67. The molecule has 8 nitrogen and oxygen atoms in total. The first-order valence-corrected chi connectivity index (χ1v) is 9.19. The molecule has 148 valence electrons. The molecule has 0 saturated heterocycles. The number of carbonyl (C=O) groups is 1. The summed E-state index contributed by atoms with van der Waals surface area (Å²) in [6.07, 6.45) is 1.90. The molecule has 2 aromatic heterocycles. The zero-order chi connectivity index (χ0) is 19.9. The van der Waals surface area contributed by atoms with Crippen molar-refractivity contribution >= 4 is 5.91 Å². The molecule has 3 aromatic rings. The van der Waals surface area contributed by atoms with Gasteiger partial charge >= 0.3 is 0 Å². The second-order valence-corrected chi connectivity index (χ2v) is 6.67. The maximum Gasteiger partial charge on any atom is 0.227 e. The molecular weight excluding hydrogens is 365 g/mol. The maximum absolute atomic E-state index is 13.0. The van der Waals surface area contributed by atoms with Gasteiger partial charge in [0, 0.05) is 37.3 Å². The monoisotopic (exact) mass is 387 g/mol. The fraction of sp³-hybridized carbons (Fsp3) is 0.421. The highest BCUT2D eigenvalue weighted by Crippen LogP contribution is 2.16. The van der Waals surface area contributed by atoms with E-state index in [1.165, 1.54) is 12.1 Å². The van der Waals surface area contributed by atoms with Gasteiger partial charge in [-0.05, 0) is 30.7 Å². The summed E-state index contributed by atoms with van der Waals surface area (Å²) in [5.74, 6) is 1.80. The van der Waals surface area contributed by atoms with Crippen LogP contribution in [0.25, 0.3) is 11.4 Å². The van der Waals surface area contributed by atoms with Crippen molar-refractivity contribution in [2.24, 2.45) is 0 Å². The third kappa shape index (κ3) is 5.45. The van der Waals surface area contributed by atoms with Crippen molar-refractivity contribution in [3.05, 3.63) is 47.7 Å². The van der Waals surface area contributed by atoms with Crippen LogP contribution in [0.4, 0.5) is 4.39 Å². The molecular formula is C19H22FN5O3. The van der Waals surface area contributed by atoms with E-state index in [2.05, 4.69) is 25.6 Å². The molecule has 3 rings (SSSR count). The summed E-state index contributed by atoms with van der Waals surface area (Å²) in [5.41, 5.74) is 0.655. The van der Waals surface area contributed by atoms with Crippen molar-refractivity contribution in [2.75, 3.05) is 6.54 Å². The fourth-order valence-corrected chi connectivity index (χ4v) is 2.45. The number of halogens is 1. The van der Waals surface area contributed by atoms with Gasteiger partial charge in [-0.15, -0.1) is 0 Å². The Kier molecular flexibility index (Phi) is 6.46. The lowest BCUT2D eigenvalue weighted by Crippen LogP contribution is -2.25. The summed E-state index contributed by atoms with van der Waals surface area (Å²) < 4.78 is 23.3. The van der Waals surface area contributed by atoms with Crippen molar-refractivity contribution in [1.82, 2.24) is 25.6 Å². The van der Waals surface area contributed by atoms with E-state index in [-0.39, 0.29) is 24.1 Å². The number of carbonyl (C=O) groups excluding carboxylic acids is 1. The Hall–Kier alpha value is -3.10. The Morgan fingerprint density at radius 2 is 1.79 bits per heavy atom. The average molecular weight is 387 g/mol. The zero-order valence-electron chi connectivity index (χ0n) is 15.8. The van der Waals surface area contributed by atoms with E-state index in [1.807, 2.05) is 13.8 Å². The SMILES string of the molecule is CC(C)c1noc(CCCNC(=O)CCc2nc(-c3ccc(F)cc3)no2)n1. The molecule has 0 aliphatic heterocycles. The number of nitrogens with zero attached hydrogens (tertiary/aromatic N) is 4. The van der Waals surface area contributed by atoms with E-state index >= 15 is 0 Å². The summed E-state index contributed by atoms with van der Waals surface area (Å²) in [5, 5.41) is 10.6. The van der Waals surface area contributed by atoms with Gasteiger partial charge in [0.2, 0.25) is 23.5 Å². The first kappa shape index (κ1) is 19.7. The summed E-state index contributed by atoms with van der Waals surface area (Å²) in [6, 6.07) is 5.81. The van der Waals surface area contributed by atoms with Crippen LogP contribution in [0.5, 0.6) is 0 Å². The summed E-state index contributed by atoms with van der Waals surface area (Å²) in [4.78, 5) is 20.5. The van der Waals surface area contributed by atoms with Crippen LogP contribution < -0.4 is 5.32 Å². The van der Waals surface area contributed by atoms with Crippen molar-refractivity contribution in [2.45, 2.75) is 45.4 Å². The number of amides is 1. The van der Waals surface area contributed by atoms with Gasteiger partial charge in [-0.1, -0.05) is 24.2 Å². The first-order valence-electron chi connectivity index (χ1n) is 9.19. The lowest BCUT2D eigenvalue weighted by Gasteiger charge is -2.02. The molecule has 0 spiro atoms. The molecule has 1 N–H and O–H groups in total. The molecule has 0 bridgehead atoms. The van der Waals surface area contributed by atoms with Gasteiger partial charge in [0.15, 0.2) is 5.82 Å². The lowest BCUT2D eigenvalue weighted by molar-refractivity contribution is -0.121. The Morgan fingerprint density at radius 3 is 2.50 bits per heavy atom. The quantitative estimate of drug-likeness (QED) is 0.562. The average Bonchev–Trinajstić information content (AvgIpc) is 3.34. The van der Waals surface area contributed by atoms with E-state index in [0.29, 0.717) is 54.8 Å². The Bertz CT molecular complexity index is 904. The van der Waals surface area contributed by atoms with Crippen LogP contribution >= 0.6 is 0 Å². The van der Waals surface area contributed by atoms with Crippen LogP contribution in [0.2, 0.25) is 0 Å². The van der Waals surface area contributed by atoms with Crippen LogP contribution in [-0.2, 0) is 17.6 Å². The minimum Gasteiger partial charge on any atom is -0.356 e. The smallest absolute Gasteiger partial charge is 0.227 e. The number of hydrogen-bond donors (Lipinski definition) is 1. The van der Waals surface area contributed by atoms with Gasteiger partial charge in [-0.25, -0.2) is 4.39 Å². The summed E-state index contributed by atoms with van der Waals surface area (Å²) in [6.45, 7) is 4.52. The molecule has 0 aliphatic rings. The van der Waals surface area contributed by atoms with Crippen molar-refractivity contribution in [3.63, 3.8) is 0 Å². The van der Waals surface area contributed by atoms with Crippen molar-refractivity contribution < 1.29 is 18.2 Å². The topological polar surface area (TPSA) is 107 Å². The van der Waals surface area contributed by atoms with Gasteiger partial charge in [-0.2, -0.15) is 9.97 Å². The minimum atomic E-state index is -0.330. The number of rotatable bonds is 9. The standard InChI is InChI=1S/C19H22FN5O3/c1-12(2)18-22-16(27-24-18)4-3-11-21-15(26)9-10-17-23-19(25-28-17)13-5-7-14(20)8-6-13/h5-8,12H,3-4,9-11H2,1-2H3,(H,21,26).